The van der Waals surface area contributed by atoms with Gasteiger partial charge in [-0.25, -0.2) is 0 Å². The minimum atomic E-state index is 0.161. The minimum Gasteiger partial charge on any atom is -0.378 e. The summed E-state index contributed by atoms with van der Waals surface area (Å²) in [5.74, 6) is 0.161. The van der Waals surface area contributed by atoms with E-state index in [-0.39, 0.29) is 5.92 Å². The molecule has 1 unspecified atom stereocenters. The highest BCUT2D eigenvalue weighted by molar-refractivity contribution is 5.81. The Kier molecular flexibility index (Phi) is 5.06. The second kappa shape index (κ2) is 7.67. The van der Waals surface area contributed by atoms with Crippen molar-refractivity contribution in [2.24, 2.45) is 0 Å². The summed E-state index contributed by atoms with van der Waals surface area (Å²) >= 11 is 0. The van der Waals surface area contributed by atoms with Crippen molar-refractivity contribution >= 4 is 22.3 Å². The van der Waals surface area contributed by atoms with Gasteiger partial charge in [0.2, 0.25) is 0 Å². The van der Waals surface area contributed by atoms with Crippen LogP contribution >= 0.6 is 0 Å². The lowest BCUT2D eigenvalue weighted by molar-refractivity contribution is 0.933. The lowest BCUT2D eigenvalue weighted by atomic mass is 9.87. The molecule has 148 valence electrons. The number of rotatable bonds is 5. The molecule has 0 bridgehead atoms. The van der Waals surface area contributed by atoms with Crippen molar-refractivity contribution in [3.05, 3.63) is 95.2 Å². The Morgan fingerprint density at radius 2 is 1.41 bits per heavy atom. The van der Waals surface area contributed by atoms with Crippen LogP contribution in [0.15, 0.2) is 72.8 Å². The van der Waals surface area contributed by atoms with Crippen molar-refractivity contribution in [3.8, 4) is 0 Å². The summed E-state index contributed by atoms with van der Waals surface area (Å²) in [7, 11) is 8.34. The largest absolute Gasteiger partial charge is 0.378 e. The second-order valence-electron chi connectivity index (χ2n) is 8.17. The molecule has 0 aliphatic carbocycles. The average molecular weight is 384 g/mol. The van der Waals surface area contributed by atoms with Crippen LogP contribution in [0.5, 0.6) is 0 Å². The molecule has 29 heavy (non-hydrogen) atoms. The molecule has 1 N–H and O–H groups in total. The van der Waals surface area contributed by atoms with Gasteiger partial charge in [-0.15, -0.1) is 0 Å². The fourth-order valence-corrected chi connectivity index (χ4v) is 4.13. The molecule has 0 amide bonds. The van der Waals surface area contributed by atoms with E-state index in [0.717, 1.165) is 0 Å². The van der Waals surface area contributed by atoms with E-state index < -0.39 is 0 Å². The first-order valence-electron chi connectivity index (χ1n) is 10.1. The number of nitrogens with zero attached hydrogens (tertiary/aromatic N) is 2. The van der Waals surface area contributed by atoms with Crippen molar-refractivity contribution in [1.29, 1.82) is 0 Å². The van der Waals surface area contributed by atoms with E-state index in [9.17, 15) is 0 Å². The Labute approximate surface area is 173 Å². The quantitative estimate of drug-likeness (QED) is 0.471. The Bertz CT molecular complexity index is 1090. The zero-order valence-corrected chi connectivity index (χ0v) is 17.9. The molecule has 3 heteroatoms. The lowest BCUT2D eigenvalue weighted by Crippen LogP contribution is -2.12. The van der Waals surface area contributed by atoms with Gasteiger partial charge < -0.3 is 14.8 Å². The molecule has 3 aromatic carbocycles. The van der Waals surface area contributed by atoms with Gasteiger partial charge in [0, 0.05) is 56.7 Å². The summed E-state index contributed by atoms with van der Waals surface area (Å²) in [6, 6.07) is 26.5. The summed E-state index contributed by atoms with van der Waals surface area (Å²) < 4.78 is 0. The van der Waals surface area contributed by atoms with E-state index in [2.05, 4.69) is 123 Å². The van der Waals surface area contributed by atoms with Gasteiger partial charge in [0.05, 0.1) is 0 Å². The van der Waals surface area contributed by atoms with Crippen molar-refractivity contribution < 1.29 is 0 Å². The molecule has 4 rings (SSSR count). The van der Waals surface area contributed by atoms with E-state index in [0.29, 0.717) is 0 Å². The molecule has 0 aliphatic rings. The maximum atomic E-state index is 3.67. The number of benzene rings is 3. The van der Waals surface area contributed by atoms with Crippen LogP contribution in [0.4, 0.5) is 11.4 Å². The standard InChI is InChI=1S/C26H29N3/c1-18-16-21(12-15-25(18)29(4)5)26(19-10-13-22(14-11-19)28(2)3)24-17-20-8-6-7-9-23(20)27-24/h6-17,26-27H,1-5H3. The topological polar surface area (TPSA) is 22.3 Å². The third kappa shape index (κ3) is 3.73. The predicted molar refractivity (Wildman–Crippen MR) is 126 cm³/mol. The fraction of sp³-hybridized carbons (Fsp3) is 0.231. The molecule has 0 radical (unpaired) electrons. The predicted octanol–water partition coefficient (Wildman–Crippen LogP) is 5.79. The minimum absolute atomic E-state index is 0.161. The van der Waals surface area contributed by atoms with Crippen LogP contribution in [0.1, 0.15) is 28.3 Å². The molecule has 0 saturated heterocycles. The maximum absolute atomic E-state index is 3.67. The van der Waals surface area contributed by atoms with Crippen molar-refractivity contribution in [2.75, 3.05) is 38.0 Å². The SMILES string of the molecule is Cc1cc(C(c2ccc(N(C)C)cc2)c2cc3ccccc3[nH]2)ccc1N(C)C. The van der Waals surface area contributed by atoms with E-state index in [1.807, 2.05) is 0 Å². The van der Waals surface area contributed by atoms with Gasteiger partial charge in [0.1, 0.15) is 0 Å². The van der Waals surface area contributed by atoms with Gasteiger partial charge >= 0.3 is 0 Å². The number of hydrogen-bond donors (Lipinski definition) is 1. The number of hydrogen-bond acceptors (Lipinski definition) is 2. The maximum Gasteiger partial charge on any atom is 0.0491 e. The highest BCUT2D eigenvalue weighted by Crippen LogP contribution is 2.35. The molecule has 4 aromatic rings. The van der Waals surface area contributed by atoms with Crippen molar-refractivity contribution in [1.82, 2.24) is 4.98 Å². The van der Waals surface area contributed by atoms with Crippen LogP contribution < -0.4 is 9.80 Å². The number of fused-ring (bicyclic) bond motifs is 1. The van der Waals surface area contributed by atoms with Gasteiger partial charge in [0.15, 0.2) is 0 Å². The molecule has 1 aromatic heterocycles. The van der Waals surface area contributed by atoms with Gasteiger partial charge in [0.25, 0.3) is 0 Å². The summed E-state index contributed by atoms with van der Waals surface area (Å²) in [5.41, 5.74) is 8.75. The third-order valence-electron chi connectivity index (χ3n) is 5.64. The molecule has 0 fully saturated rings. The zero-order chi connectivity index (χ0) is 20.5. The van der Waals surface area contributed by atoms with E-state index in [1.165, 1.54) is 44.7 Å². The van der Waals surface area contributed by atoms with Gasteiger partial charge in [-0.3, -0.25) is 0 Å². The highest BCUT2D eigenvalue weighted by atomic mass is 15.1. The summed E-state index contributed by atoms with van der Waals surface area (Å²) in [4.78, 5) is 7.97. The molecule has 0 saturated carbocycles. The molecule has 3 nitrogen and oxygen atoms in total. The first-order chi connectivity index (χ1) is 13.9. The number of aromatic amines is 1. The van der Waals surface area contributed by atoms with Crippen LogP contribution in [-0.2, 0) is 0 Å². The number of aryl methyl sites for hydroxylation is 1. The van der Waals surface area contributed by atoms with Crippen molar-refractivity contribution in [3.63, 3.8) is 0 Å². The highest BCUT2D eigenvalue weighted by Gasteiger charge is 2.20. The number of para-hydroxylation sites is 1. The normalized spacial score (nSPS) is 12.2. The van der Waals surface area contributed by atoms with Crippen LogP contribution in [0.25, 0.3) is 10.9 Å². The summed E-state index contributed by atoms with van der Waals surface area (Å²) in [5, 5.41) is 1.25. The van der Waals surface area contributed by atoms with Crippen LogP contribution in [0, 0.1) is 6.92 Å². The monoisotopic (exact) mass is 383 g/mol. The Hall–Kier alpha value is -3.20. The van der Waals surface area contributed by atoms with E-state index in [4.69, 9.17) is 0 Å². The smallest absolute Gasteiger partial charge is 0.0491 e. The average Bonchev–Trinajstić information content (AvgIpc) is 3.12. The van der Waals surface area contributed by atoms with Crippen LogP contribution in [-0.4, -0.2) is 33.2 Å². The Morgan fingerprint density at radius 1 is 0.724 bits per heavy atom. The summed E-state index contributed by atoms with van der Waals surface area (Å²) in [6.45, 7) is 2.19. The Morgan fingerprint density at radius 3 is 2.03 bits per heavy atom. The lowest BCUT2D eigenvalue weighted by Gasteiger charge is -2.22. The number of nitrogens with one attached hydrogen (secondary N) is 1. The molecular weight excluding hydrogens is 354 g/mol. The van der Waals surface area contributed by atoms with Crippen LogP contribution in [0.3, 0.4) is 0 Å². The van der Waals surface area contributed by atoms with Crippen LogP contribution in [0.2, 0.25) is 0 Å². The second-order valence-corrected chi connectivity index (χ2v) is 8.17. The molecular formula is C26H29N3. The van der Waals surface area contributed by atoms with Gasteiger partial charge in [-0.1, -0.05) is 42.5 Å². The van der Waals surface area contributed by atoms with E-state index in [1.54, 1.807) is 0 Å². The molecule has 1 heterocycles. The fourth-order valence-electron chi connectivity index (χ4n) is 4.13. The first-order valence-corrected chi connectivity index (χ1v) is 10.1. The summed E-state index contributed by atoms with van der Waals surface area (Å²) in [6.07, 6.45) is 0. The van der Waals surface area contributed by atoms with Crippen molar-refractivity contribution in [2.45, 2.75) is 12.8 Å². The third-order valence-corrected chi connectivity index (χ3v) is 5.64. The zero-order valence-electron chi connectivity index (χ0n) is 17.9. The molecule has 1 atom stereocenters. The number of anilines is 2. The Balaban J connectivity index is 1.85. The first kappa shape index (κ1) is 19.1. The van der Waals surface area contributed by atoms with Gasteiger partial charge in [-0.05, 0) is 59.3 Å². The number of aromatic nitrogens is 1. The van der Waals surface area contributed by atoms with Gasteiger partial charge in [-0.2, -0.15) is 0 Å². The molecule has 0 aliphatic heterocycles. The number of H-pyrrole nitrogens is 1. The van der Waals surface area contributed by atoms with E-state index >= 15 is 0 Å². The molecule has 0 spiro atoms.